The summed E-state index contributed by atoms with van der Waals surface area (Å²) in [6, 6.07) is 5.34. The van der Waals surface area contributed by atoms with E-state index in [1.807, 2.05) is 0 Å². The second-order valence-electron chi connectivity index (χ2n) is 11.0. The van der Waals surface area contributed by atoms with Gasteiger partial charge in [0.1, 0.15) is 34.7 Å². The molecule has 1 aromatic heterocycles. The minimum atomic E-state index is -1.35. The third-order valence-corrected chi connectivity index (χ3v) is 10.1. The monoisotopic (exact) mass is 666 g/mol. The maximum absolute atomic E-state index is 13.4. The lowest BCUT2D eigenvalue weighted by Crippen LogP contribution is -2.71. The van der Waals surface area contributed by atoms with Gasteiger partial charge >= 0.3 is 5.97 Å². The lowest BCUT2D eigenvalue weighted by Gasteiger charge is -2.49. The minimum Gasteiger partial charge on any atom is -0.497 e. The van der Waals surface area contributed by atoms with Crippen LogP contribution in [0.5, 0.6) is 5.75 Å². The van der Waals surface area contributed by atoms with Crippen molar-refractivity contribution in [1.82, 2.24) is 20.1 Å². The molecule has 3 fully saturated rings. The number of aliphatic carboxylic acids is 1. The lowest BCUT2D eigenvalue weighted by atomic mass is 10.0. The average Bonchev–Trinajstić information content (AvgIpc) is 3.82. The van der Waals surface area contributed by atoms with Gasteiger partial charge in [0, 0.05) is 28.8 Å². The fraction of sp³-hybridized carbons (Fsp3) is 0.367. The topological polar surface area (TPSA) is 194 Å². The first-order valence-corrected chi connectivity index (χ1v) is 16.5. The Balaban J connectivity index is 1.18. The minimum absolute atomic E-state index is 0.122. The fourth-order valence-electron chi connectivity index (χ4n) is 5.73. The number of imide groups is 1. The summed E-state index contributed by atoms with van der Waals surface area (Å²) in [5.41, 5.74) is 6.42. The highest BCUT2D eigenvalue weighted by Crippen LogP contribution is 2.41. The van der Waals surface area contributed by atoms with E-state index in [2.05, 4.69) is 15.5 Å². The number of oxime groups is 1. The number of thiazole rings is 1. The fourth-order valence-corrected chi connectivity index (χ4v) is 7.58. The van der Waals surface area contributed by atoms with Crippen LogP contribution in [0, 0.1) is 0 Å². The Bertz CT molecular complexity index is 1690. The van der Waals surface area contributed by atoms with Crippen molar-refractivity contribution in [2.45, 2.75) is 49.6 Å². The summed E-state index contributed by atoms with van der Waals surface area (Å²) in [6.07, 6.45) is 5.20. The number of rotatable bonds is 9. The number of carbonyl (C=O) groups excluding carboxylic acids is 4. The van der Waals surface area contributed by atoms with Gasteiger partial charge < -0.3 is 25.7 Å². The first-order valence-electron chi connectivity index (χ1n) is 14.5. The number of hydrogen-bond acceptors (Lipinski definition) is 12. The molecule has 6 rings (SSSR count). The summed E-state index contributed by atoms with van der Waals surface area (Å²) in [7, 11) is 1.51. The number of ether oxygens (including phenoxy) is 1. The van der Waals surface area contributed by atoms with Crippen LogP contribution in [0.2, 0.25) is 0 Å². The number of aromatic nitrogens is 1. The second-order valence-corrected chi connectivity index (χ2v) is 13.0. The molecule has 4 amide bonds. The Morgan fingerprint density at radius 2 is 1.91 bits per heavy atom. The van der Waals surface area contributed by atoms with Crippen LogP contribution in [0.4, 0.5) is 5.13 Å². The molecule has 0 spiro atoms. The Labute approximate surface area is 271 Å². The number of carbonyl (C=O) groups is 5. The molecule has 4 N–H and O–H groups in total. The van der Waals surface area contributed by atoms with E-state index in [0.29, 0.717) is 11.3 Å². The quantitative estimate of drug-likeness (QED) is 0.117. The molecule has 0 radical (unpaired) electrons. The van der Waals surface area contributed by atoms with Crippen LogP contribution in [0.25, 0.3) is 0 Å². The van der Waals surface area contributed by atoms with Gasteiger partial charge in [-0.2, -0.15) is 0 Å². The predicted octanol–water partition coefficient (Wildman–Crippen LogP) is 2.13. The molecule has 4 heterocycles. The molecular formula is C30H30N6O8S2. The number of hydrogen-bond donors (Lipinski definition) is 3. The van der Waals surface area contributed by atoms with E-state index in [1.165, 1.54) is 24.9 Å². The summed E-state index contributed by atoms with van der Waals surface area (Å²) in [6.45, 7) is 0.136. The number of thioether (sulfide) groups is 1. The third-order valence-electron chi connectivity index (χ3n) is 8.12. The molecule has 0 unspecified atom stereocenters. The highest BCUT2D eigenvalue weighted by atomic mass is 32.2. The summed E-state index contributed by atoms with van der Waals surface area (Å²) in [5, 5.41) is 18.0. The standard InChI is InChI=1S/C30H30N6O8S2/c1-43-18-8-6-15(7-9-18)25(38)35-11-10-16(26(35)39)12-17-13-45-28-22(27(40)36(28)23(17)29(41)42)33-24(37)21(20-14-46-30(31)32-20)34-44-19-4-2-3-5-19/h6-9,12,14,19,22,28H,2-5,10-11,13H2,1H3,(H2,31,32)(H,33,37)(H,41,42)/b16-12+,34-21-/t22-,28-/m1/s1. The number of fused-ring (bicyclic) bond motifs is 1. The SMILES string of the molecule is COc1ccc(C(=O)N2CC/C(=C\C3=C(C(=O)O)N4C(=O)[C@@H](NC(=O)/C(=N\OC5CCCC5)c5csc(N)n5)[C@H]4SC3)C2=O)cc1. The van der Waals surface area contributed by atoms with Crippen molar-refractivity contribution in [3.8, 4) is 5.75 Å². The van der Waals surface area contributed by atoms with Gasteiger partial charge in [0.2, 0.25) is 0 Å². The summed E-state index contributed by atoms with van der Waals surface area (Å²) < 4.78 is 5.12. The van der Waals surface area contributed by atoms with Crippen LogP contribution in [0.1, 0.15) is 48.2 Å². The van der Waals surface area contributed by atoms with Crippen LogP contribution in [-0.4, -0.2) is 92.1 Å². The van der Waals surface area contributed by atoms with Gasteiger partial charge in [-0.1, -0.05) is 5.16 Å². The van der Waals surface area contributed by atoms with Gasteiger partial charge in [-0.25, -0.2) is 9.78 Å². The molecule has 2 aromatic rings. The van der Waals surface area contributed by atoms with Gasteiger partial charge in [-0.15, -0.1) is 23.1 Å². The molecular weight excluding hydrogens is 636 g/mol. The Hall–Kier alpha value is -4.70. The number of nitrogens with one attached hydrogen (secondary N) is 1. The molecule has 46 heavy (non-hydrogen) atoms. The predicted molar refractivity (Wildman–Crippen MR) is 168 cm³/mol. The Morgan fingerprint density at radius 3 is 2.57 bits per heavy atom. The summed E-state index contributed by atoms with van der Waals surface area (Å²) in [5.74, 6) is -2.96. The van der Waals surface area contributed by atoms with Crippen molar-refractivity contribution in [3.63, 3.8) is 0 Å². The smallest absolute Gasteiger partial charge is 0.352 e. The Morgan fingerprint density at radius 1 is 1.17 bits per heavy atom. The Kier molecular flexibility index (Phi) is 8.82. The first-order chi connectivity index (χ1) is 22.2. The van der Waals surface area contributed by atoms with E-state index in [-0.39, 0.29) is 58.2 Å². The van der Waals surface area contributed by atoms with Crippen LogP contribution < -0.4 is 15.8 Å². The van der Waals surface area contributed by atoms with Crippen molar-refractivity contribution in [1.29, 1.82) is 0 Å². The van der Waals surface area contributed by atoms with Gasteiger partial charge in [-0.3, -0.25) is 29.0 Å². The molecule has 4 aliphatic rings. The number of nitrogens with two attached hydrogens (primary N) is 1. The number of allylic oxidation sites excluding steroid dienone is 1. The largest absolute Gasteiger partial charge is 0.497 e. The lowest BCUT2D eigenvalue weighted by molar-refractivity contribution is -0.150. The van der Waals surface area contributed by atoms with Crippen molar-refractivity contribution in [3.05, 3.63) is 63.8 Å². The molecule has 240 valence electrons. The number of nitrogens with zero attached hydrogens (tertiary/aromatic N) is 4. The molecule has 1 saturated carbocycles. The third kappa shape index (κ3) is 5.97. The highest BCUT2D eigenvalue weighted by Gasteiger charge is 2.54. The molecule has 16 heteroatoms. The maximum atomic E-state index is 13.4. The normalized spacial score (nSPS) is 22.6. The van der Waals surface area contributed by atoms with Crippen molar-refractivity contribution >= 4 is 63.5 Å². The molecule has 1 aromatic carbocycles. The molecule has 3 aliphatic heterocycles. The number of benzene rings is 1. The number of carboxylic acid groups (broad SMARTS) is 1. The van der Waals surface area contributed by atoms with Crippen LogP contribution >= 0.6 is 23.1 Å². The number of carboxylic acids is 1. The highest BCUT2D eigenvalue weighted by molar-refractivity contribution is 8.00. The van der Waals surface area contributed by atoms with E-state index in [9.17, 15) is 29.1 Å². The van der Waals surface area contributed by atoms with Gasteiger partial charge in [0.25, 0.3) is 23.6 Å². The molecule has 1 aliphatic carbocycles. The zero-order valence-corrected chi connectivity index (χ0v) is 26.3. The van der Waals surface area contributed by atoms with E-state index in [1.54, 1.807) is 29.6 Å². The van der Waals surface area contributed by atoms with Gasteiger partial charge in [0.05, 0.1) is 7.11 Å². The van der Waals surface area contributed by atoms with Gasteiger partial charge in [0.15, 0.2) is 10.8 Å². The number of β-lactam (4-membered cyclic amide) rings is 1. The van der Waals surface area contributed by atoms with Crippen molar-refractivity contribution in [2.75, 3.05) is 25.1 Å². The number of methoxy groups -OCH3 is 1. The number of nitrogen functional groups attached to an aromatic ring is 1. The number of amides is 4. The maximum Gasteiger partial charge on any atom is 0.352 e. The zero-order valence-electron chi connectivity index (χ0n) is 24.6. The number of likely N-dealkylation sites (tertiary alicyclic amines) is 1. The average molecular weight is 667 g/mol. The van der Waals surface area contributed by atoms with Crippen molar-refractivity contribution < 1.29 is 38.7 Å². The van der Waals surface area contributed by atoms with E-state index >= 15 is 0 Å². The summed E-state index contributed by atoms with van der Waals surface area (Å²) >= 11 is 2.38. The molecule has 14 nitrogen and oxygen atoms in total. The van der Waals surface area contributed by atoms with E-state index in [4.69, 9.17) is 15.3 Å². The zero-order chi connectivity index (χ0) is 32.5. The molecule has 0 bridgehead atoms. The molecule has 2 saturated heterocycles. The van der Waals surface area contributed by atoms with E-state index in [0.717, 1.165) is 46.8 Å². The molecule has 2 atom stereocenters. The van der Waals surface area contributed by atoms with Crippen LogP contribution in [-0.2, 0) is 24.0 Å². The second kappa shape index (κ2) is 13.0. The van der Waals surface area contributed by atoms with Gasteiger partial charge in [-0.05, 0) is 68.0 Å². The van der Waals surface area contributed by atoms with Crippen LogP contribution in [0.15, 0.2) is 57.7 Å². The van der Waals surface area contributed by atoms with Crippen molar-refractivity contribution in [2.24, 2.45) is 5.16 Å². The van der Waals surface area contributed by atoms with E-state index < -0.39 is 41.0 Å². The number of anilines is 1. The van der Waals surface area contributed by atoms with Crippen LogP contribution in [0.3, 0.4) is 0 Å². The summed E-state index contributed by atoms with van der Waals surface area (Å²) in [4.78, 5) is 77.2. The first kappa shape index (κ1) is 31.3.